The summed E-state index contributed by atoms with van der Waals surface area (Å²) in [6.07, 6.45) is 2.55. The average Bonchev–Trinajstić information content (AvgIpc) is 3.13. The number of para-hydroxylation sites is 2. The number of amides is 2. The van der Waals surface area contributed by atoms with Crippen LogP contribution in [-0.4, -0.2) is 31.5 Å². The maximum atomic E-state index is 13.2. The number of nitrogens with zero attached hydrogens (tertiary/aromatic N) is 1. The molecule has 5 heteroatoms. The van der Waals surface area contributed by atoms with Gasteiger partial charge in [0.25, 0.3) is 11.8 Å². The van der Waals surface area contributed by atoms with Gasteiger partial charge in [-0.1, -0.05) is 18.2 Å². The summed E-state index contributed by atoms with van der Waals surface area (Å²) in [6.45, 7) is 0.201. The van der Waals surface area contributed by atoms with Gasteiger partial charge in [-0.2, -0.15) is 0 Å². The van der Waals surface area contributed by atoms with Gasteiger partial charge in [-0.15, -0.1) is 0 Å². The fourth-order valence-corrected chi connectivity index (χ4v) is 3.58. The Morgan fingerprint density at radius 2 is 1.92 bits per heavy atom. The first kappa shape index (κ1) is 15.7. The summed E-state index contributed by atoms with van der Waals surface area (Å²) in [7, 11) is 1.57. The molecule has 0 saturated carbocycles. The van der Waals surface area contributed by atoms with Gasteiger partial charge in [0.15, 0.2) is 6.10 Å². The van der Waals surface area contributed by atoms with Gasteiger partial charge in [0.05, 0.1) is 12.2 Å². The number of rotatable bonds is 2. The smallest absolute Gasteiger partial charge is 0.262 e. The van der Waals surface area contributed by atoms with Crippen molar-refractivity contribution in [2.45, 2.75) is 25.4 Å². The second kappa shape index (κ2) is 6.24. The summed E-state index contributed by atoms with van der Waals surface area (Å²) in [5, 5.41) is 2.60. The highest BCUT2D eigenvalue weighted by molar-refractivity contribution is 6.08. The second-order valence-electron chi connectivity index (χ2n) is 6.44. The molecule has 1 aliphatic heterocycles. The highest BCUT2D eigenvalue weighted by atomic mass is 16.5. The Balaban J connectivity index is 1.70. The fourth-order valence-electron chi connectivity index (χ4n) is 3.58. The van der Waals surface area contributed by atoms with E-state index in [4.69, 9.17) is 4.74 Å². The molecule has 0 spiro atoms. The van der Waals surface area contributed by atoms with E-state index >= 15 is 0 Å². The predicted octanol–water partition coefficient (Wildman–Crippen LogP) is 2.33. The summed E-state index contributed by atoms with van der Waals surface area (Å²) in [4.78, 5) is 26.9. The van der Waals surface area contributed by atoms with E-state index in [0.717, 1.165) is 19.3 Å². The number of carbonyl (C=O) groups excluding carboxylic acids is 2. The lowest BCUT2D eigenvalue weighted by atomic mass is 10.0. The Hall–Kier alpha value is -2.82. The quantitative estimate of drug-likeness (QED) is 0.916. The zero-order valence-electron chi connectivity index (χ0n) is 14.1. The minimum Gasteiger partial charge on any atom is -0.477 e. The minimum absolute atomic E-state index is 0.0978. The zero-order valence-corrected chi connectivity index (χ0v) is 14.1. The predicted molar refractivity (Wildman–Crippen MR) is 95.1 cm³/mol. The van der Waals surface area contributed by atoms with Crippen LogP contribution in [0.15, 0.2) is 42.5 Å². The van der Waals surface area contributed by atoms with Gasteiger partial charge in [0, 0.05) is 12.6 Å². The molecule has 1 atom stereocenters. The van der Waals surface area contributed by atoms with Crippen LogP contribution in [0, 0.1) is 0 Å². The first-order valence-corrected chi connectivity index (χ1v) is 8.58. The van der Waals surface area contributed by atoms with Gasteiger partial charge in [0.2, 0.25) is 0 Å². The van der Waals surface area contributed by atoms with Crippen molar-refractivity contribution < 1.29 is 14.3 Å². The normalized spacial score (nSPS) is 18.1. The number of nitrogens with one attached hydrogen (secondary N) is 1. The van der Waals surface area contributed by atoms with Crippen molar-refractivity contribution in [1.29, 1.82) is 0 Å². The van der Waals surface area contributed by atoms with Crippen molar-refractivity contribution in [1.82, 2.24) is 5.32 Å². The summed E-state index contributed by atoms with van der Waals surface area (Å²) >= 11 is 0. The molecular weight excluding hydrogens is 316 g/mol. The molecule has 2 amide bonds. The average molecular weight is 336 g/mol. The van der Waals surface area contributed by atoms with Crippen LogP contribution in [0.4, 0.5) is 5.69 Å². The number of hydrogen-bond donors (Lipinski definition) is 1. The van der Waals surface area contributed by atoms with Crippen LogP contribution < -0.4 is 15.0 Å². The van der Waals surface area contributed by atoms with Crippen LogP contribution in [0.1, 0.15) is 27.9 Å². The first-order valence-electron chi connectivity index (χ1n) is 8.58. The van der Waals surface area contributed by atoms with Crippen molar-refractivity contribution in [2.24, 2.45) is 0 Å². The van der Waals surface area contributed by atoms with E-state index in [2.05, 4.69) is 11.4 Å². The SMILES string of the molecule is CNC(=O)[C@H]1CN(C(=O)c2ccc3c(c2)CCC3)c2ccccc2O1. The molecule has 2 aromatic rings. The molecule has 2 aliphatic rings. The van der Waals surface area contributed by atoms with Crippen molar-refractivity contribution in [2.75, 3.05) is 18.5 Å². The molecule has 5 nitrogen and oxygen atoms in total. The van der Waals surface area contributed by atoms with Gasteiger partial charge in [0.1, 0.15) is 5.75 Å². The number of carbonyl (C=O) groups is 2. The molecule has 0 unspecified atom stereocenters. The van der Waals surface area contributed by atoms with Crippen LogP contribution >= 0.6 is 0 Å². The van der Waals surface area contributed by atoms with E-state index in [1.54, 1.807) is 18.0 Å². The topological polar surface area (TPSA) is 58.6 Å². The van der Waals surface area contributed by atoms with Crippen molar-refractivity contribution in [3.63, 3.8) is 0 Å². The standard InChI is InChI=1S/C20H20N2O3/c1-21-19(23)18-12-22(16-7-2-3-8-17(16)25-18)20(24)15-10-9-13-5-4-6-14(13)11-15/h2-3,7-11,18H,4-6,12H2,1H3,(H,21,23)/t18-/m1/s1. The maximum Gasteiger partial charge on any atom is 0.262 e. The molecule has 0 aromatic heterocycles. The van der Waals surface area contributed by atoms with Crippen LogP contribution in [0.2, 0.25) is 0 Å². The molecule has 0 fully saturated rings. The molecule has 1 heterocycles. The van der Waals surface area contributed by atoms with Crippen LogP contribution in [0.5, 0.6) is 5.75 Å². The van der Waals surface area contributed by atoms with E-state index in [1.807, 2.05) is 30.3 Å². The van der Waals surface area contributed by atoms with E-state index in [0.29, 0.717) is 17.0 Å². The number of fused-ring (bicyclic) bond motifs is 2. The third-order valence-electron chi connectivity index (χ3n) is 4.90. The van der Waals surface area contributed by atoms with E-state index in [-0.39, 0.29) is 18.4 Å². The van der Waals surface area contributed by atoms with Crippen LogP contribution in [0.3, 0.4) is 0 Å². The molecule has 1 N–H and O–H groups in total. The lowest BCUT2D eigenvalue weighted by molar-refractivity contribution is -0.127. The van der Waals surface area contributed by atoms with Gasteiger partial charge in [-0.05, 0) is 54.7 Å². The Morgan fingerprint density at radius 1 is 1.12 bits per heavy atom. The van der Waals surface area contributed by atoms with Crippen LogP contribution in [0.25, 0.3) is 0 Å². The Labute approximate surface area is 146 Å². The molecule has 0 radical (unpaired) electrons. The lowest BCUT2D eigenvalue weighted by Gasteiger charge is -2.34. The van der Waals surface area contributed by atoms with Gasteiger partial charge in [-0.25, -0.2) is 0 Å². The largest absolute Gasteiger partial charge is 0.477 e. The zero-order chi connectivity index (χ0) is 17.4. The van der Waals surface area contributed by atoms with Gasteiger partial charge >= 0.3 is 0 Å². The van der Waals surface area contributed by atoms with E-state index < -0.39 is 6.10 Å². The number of ether oxygens (including phenoxy) is 1. The van der Waals surface area contributed by atoms with Gasteiger partial charge < -0.3 is 15.0 Å². The molecule has 128 valence electrons. The van der Waals surface area contributed by atoms with Crippen molar-refractivity contribution in [3.8, 4) is 5.75 Å². The van der Waals surface area contributed by atoms with E-state index in [1.165, 1.54) is 11.1 Å². The molecule has 4 rings (SSSR count). The third-order valence-corrected chi connectivity index (χ3v) is 4.90. The fraction of sp³-hybridized carbons (Fsp3) is 0.300. The van der Waals surface area contributed by atoms with Crippen LogP contribution in [-0.2, 0) is 17.6 Å². The monoisotopic (exact) mass is 336 g/mol. The Morgan fingerprint density at radius 3 is 2.76 bits per heavy atom. The Kier molecular flexibility index (Phi) is 3.92. The third kappa shape index (κ3) is 2.76. The molecule has 1 aliphatic carbocycles. The second-order valence-corrected chi connectivity index (χ2v) is 6.44. The minimum atomic E-state index is -0.710. The molecular formula is C20H20N2O3. The van der Waals surface area contributed by atoms with Crippen molar-refractivity contribution in [3.05, 3.63) is 59.2 Å². The number of hydrogen-bond acceptors (Lipinski definition) is 3. The number of benzene rings is 2. The highest BCUT2D eigenvalue weighted by Gasteiger charge is 2.34. The Bertz CT molecular complexity index is 847. The number of anilines is 1. The molecule has 0 bridgehead atoms. The van der Waals surface area contributed by atoms with Crippen molar-refractivity contribution >= 4 is 17.5 Å². The first-order chi connectivity index (χ1) is 12.2. The summed E-state index contributed by atoms with van der Waals surface area (Å²) in [6, 6.07) is 13.3. The number of aryl methyl sites for hydroxylation is 2. The summed E-state index contributed by atoms with van der Waals surface area (Å²) < 4.78 is 5.77. The summed E-state index contributed by atoms with van der Waals surface area (Å²) in [5.41, 5.74) is 3.96. The highest BCUT2D eigenvalue weighted by Crippen LogP contribution is 2.34. The van der Waals surface area contributed by atoms with Gasteiger partial charge in [-0.3, -0.25) is 9.59 Å². The molecule has 2 aromatic carbocycles. The lowest BCUT2D eigenvalue weighted by Crippen LogP contribution is -2.50. The maximum absolute atomic E-state index is 13.2. The molecule has 0 saturated heterocycles. The summed E-state index contributed by atoms with van der Waals surface area (Å²) in [5.74, 6) is 0.220. The number of likely N-dealkylation sites (N-methyl/N-ethyl adjacent to an activating group) is 1. The van der Waals surface area contributed by atoms with E-state index in [9.17, 15) is 9.59 Å². The molecule has 25 heavy (non-hydrogen) atoms.